The number of halogens is 2. The van der Waals surface area contributed by atoms with Crippen LogP contribution in [-0.4, -0.2) is 40.2 Å². The first-order valence-electron chi connectivity index (χ1n) is 16.1. The normalized spacial score (nSPS) is 24.8. The minimum Gasteiger partial charge on any atom is -0.381 e. The first-order chi connectivity index (χ1) is 22.0. The Morgan fingerprint density at radius 2 is 1.73 bits per heavy atom. The monoisotopic (exact) mass is 646 g/mol. The highest BCUT2D eigenvalue weighted by Crippen LogP contribution is 2.52. The lowest BCUT2D eigenvalue weighted by atomic mass is 9.56. The van der Waals surface area contributed by atoms with Crippen LogP contribution < -0.4 is 5.32 Å². The highest BCUT2D eigenvalue weighted by molar-refractivity contribution is 6.39. The van der Waals surface area contributed by atoms with Gasteiger partial charge in [-0.25, -0.2) is 0 Å². The Hall–Kier alpha value is -3.17. The molecule has 1 aliphatic heterocycles. The molecule has 0 radical (unpaired) electrons. The smallest absolute Gasteiger partial charge is 0.228 e. The summed E-state index contributed by atoms with van der Waals surface area (Å²) in [6.07, 6.45) is 11.0. The third-order valence-electron chi connectivity index (χ3n) is 10.1. The zero-order chi connectivity index (χ0) is 30.5. The van der Waals surface area contributed by atoms with Gasteiger partial charge in [-0.05, 0) is 86.6 Å². The van der Waals surface area contributed by atoms with Gasteiger partial charge in [-0.2, -0.15) is 5.10 Å². The van der Waals surface area contributed by atoms with E-state index in [1.165, 1.54) is 0 Å². The van der Waals surface area contributed by atoms with Gasteiger partial charge in [0.05, 0.1) is 35.0 Å². The fraction of sp³-hybridized carbons (Fsp3) is 0.457. The van der Waals surface area contributed by atoms with E-state index in [4.69, 9.17) is 37.2 Å². The number of rotatable bonds is 9. The molecule has 1 N–H and O–H groups in total. The van der Waals surface area contributed by atoms with E-state index in [0.717, 1.165) is 86.3 Å². The molecule has 5 fully saturated rings. The average molecular weight is 648 g/mol. The summed E-state index contributed by atoms with van der Waals surface area (Å²) in [7, 11) is 0. The van der Waals surface area contributed by atoms with Crippen molar-refractivity contribution in [3.8, 4) is 22.4 Å². The molecule has 2 unspecified atom stereocenters. The number of benzene rings is 2. The quantitative estimate of drug-likeness (QED) is 0.197. The van der Waals surface area contributed by atoms with Crippen molar-refractivity contribution in [2.45, 2.75) is 69.6 Å². The number of hydrogen-bond acceptors (Lipinski definition) is 6. The molecule has 4 aromatic rings. The van der Waals surface area contributed by atoms with Gasteiger partial charge >= 0.3 is 0 Å². The van der Waals surface area contributed by atoms with Crippen LogP contribution >= 0.6 is 23.2 Å². The van der Waals surface area contributed by atoms with E-state index in [1.54, 1.807) is 0 Å². The summed E-state index contributed by atoms with van der Waals surface area (Å²) in [4.78, 5) is 13.5. The van der Waals surface area contributed by atoms with Gasteiger partial charge in [0.2, 0.25) is 5.91 Å². The van der Waals surface area contributed by atoms with Crippen molar-refractivity contribution in [1.82, 2.24) is 14.9 Å². The van der Waals surface area contributed by atoms with Crippen LogP contribution in [0.15, 0.2) is 59.4 Å². The number of aromatic nitrogens is 3. The lowest BCUT2D eigenvalue weighted by Gasteiger charge is -2.51. The van der Waals surface area contributed by atoms with Crippen molar-refractivity contribution in [2.75, 3.05) is 18.5 Å². The Morgan fingerprint density at radius 1 is 0.978 bits per heavy atom. The predicted molar refractivity (Wildman–Crippen MR) is 172 cm³/mol. The molecule has 3 heterocycles. The molecule has 45 heavy (non-hydrogen) atoms. The van der Waals surface area contributed by atoms with Crippen LogP contribution in [0.1, 0.15) is 68.2 Å². The van der Waals surface area contributed by atoms with E-state index >= 15 is 0 Å². The van der Waals surface area contributed by atoms with Crippen LogP contribution in [0, 0.1) is 17.8 Å². The topological polar surface area (TPSA) is 91.4 Å². The van der Waals surface area contributed by atoms with Gasteiger partial charge in [0.25, 0.3) is 0 Å². The number of fused-ring (bicyclic) bond motifs is 2. The molecule has 0 spiro atoms. The maximum absolute atomic E-state index is 13.5. The van der Waals surface area contributed by atoms with Crippen molar-refractivity contribution in [3.63, 3.8) is 0 Å². The van der Waals surface area contributed by atoms with Crippen molar-refractivity contribution in [2.24, 2.45) is 17.8 Å². The minimum absolute atomic E-state index is 0.0138. The molecule has 2 aromatic heterocycles. The molecule has 8 nitrogen and oxygen atoms in total. The van der Waals surface area contributed by atoms with Crippen LogP contribution in [0.5, 0.6) is 0 Å². The molecule has 9 rings (SSSR count). The van der Waals surface area contributed by atoms with Gasteiger partial charge in [-0.15, -0.1) is 0 Å². The number of nitrogens with one attached hydrogen (secondary N) is 1. The summed E-state index contributed by atoms with van der Waals surface area (Å²) in [5.74, 6) is 2.02. The first-order valence-corrected chi connectivity index (χ1v) is 16.8. The van der Waals surface area contributed by atoms with Gasteiger partial charge in [0.1, 0.15) is 11.5 Å². The Morgan fingerprint density at radius 3 is 2.49 bits per heavy atom. The molecule has 2 bridgehead atoms. The van der Waals surface area contributed by atoms with Crippen LogP contribution in [0.4, 0.5) is 5.69 Å². The highest BCUT2D eigenvalue weighted by atomic mass is 35.5. The highest BCUT2D eigenvalue weighted by Gasteiger charge is 2.51. The van der Waals surface area contributed by atoms with Crippen LogP contribution in [-0.2, 0) is 20.9 Å². The fourth-order valence-corrected chi connectivity index (χ4v) is 8.16. The maximum atomic E-state index is 13.5. The molecule has 234 valence electrons. The summed E-state index contributed by atoms with van der Waals surface area (Å²) < 4.78 is 19.9. The van der Waals surface area contributed by atoms with Gasteiger partial charge < -0.3 is 19.3 Å². The minimum atomic E-state index is 0.0138. The summed E-state index contributed by atoms with van der Waals surface area (Å²) in [5.41, 5.74) is 5.22. The van der Waals surface area contributed by atoms with Crippen molar-refractivity contribution in [3.05, 3.63) is 76.2 Å². The molecule has 4 aliphatic carbocycles. The summed E-state index contributed by atoms with van der Waals surface area (Å²) in [6, 6.07) is 13.9. The second-order valence-corrected chi connectivity index (χ2v) is 13.9. The summed E-state index contributed by atoms with van der Waals surface area (Å²) in [5, 5.41) is 13.3. The van der Waals surface area contributed by atoms with E-state index in [1.807, 2.05) is 42.6 Å². The number of nitrogens with zero attached hydrogens (tertiary/aromatic N) is 3. The van der Waals surface area contributed by atoms with E-state index in [-0.39, 0.29) is 17.9 Å². The van der Waals surface area contributed by atoms with Crippen LogP contribution in [0.3, 0.4) is 0 Å². The van der Waals surface area contributed by atoms with E-state index in [2.05, 4.69) is 32.5 Å². The molecule has 1 amide bonds. The predicted octanol–water partition coefficient (Wildman–Crippen LogP) is 8.31. The van der Waals surface area contributed by atoms with E-state index in [9.17, 15) is 4.79 Å². The second-order valence-electron chi connectivity index (χ2n) is 13.1. The fourth-order valence-electron chi connectivity index (χ4n) is 7.58. The molecule has 4 saturated carbocycles. The van der Waals surface area contributed by atoms with Crippen molar-refractivity contribution >= 4 is 34.8 Å². The molecule has 5 aliphatic rings. The standard InChI is InChI=1S/C35H36Cl2N4O4/c36-29-5-2-6-30(37)32(29)33-28(34(45-40-33)20-7-8-20)19-44-27-15-22-13-23(16-27)31(22)35(42)39-25-4-1-3-21(14-25)24-17-38-41(18-24)26-9-11-43-12-10-26/h1-6,14,17-18,20,22-23,26-27,31H,7-13,15-16,19H2,(H,39,42). The van der Waals surface area contributed by atoms with Crippen LogP contribution in [0.2, 0.25) is 10.0 Å². The maximum Gasteiger partial charge on any atom is 0.228 e. The number of ether oxygens (including phenoxy) is 2. The number of anilines is 1. The molecule has 2 atom stereocenters. The van der Waals surface area contributed by atoms with Crippen molar-refractivity contribution in [1.29, 1.82) is 0 Å². The first kappa shape index (κ1) is 29.2. The van der Waals surface area contributed by atoms with Gasteiger partial charge in [0, 0.05) is 53.6 Å². The number of amides is 1. The average Bonchev–Trinajstić information content (AvgIpc) is 3.61. The SMILES string of the molecule is O=C(Nc1cccc(-c2cnn(C3CCOCC3)c2)c1)C1C2CC(OCc3c(-c4c(Cl)cccc4Cl)noc3C3CC3)CC1C2. The zero-order valence-corrected chi connectivity index (χ0v) is 26.5. The third kappa shape index (κ3) is 5.82. The van der Waals surface area contributed by atoms with Gasteiger partial charge in [0.15, 0.2) is 0 Å². The van der Waals surface area contributed by atoms with Gasteiger partial charge in [-0.1, -0.05) is 46.6 Å². The number of carbonyl (C=O) groups is 1. The molecule has 2 aromatic carbocycles. The van der Waals surface area contributed by atoms with E-state index in [0.29, 0.717) is 51.7 Å². The Labute approximate surface area is 272 Å². The van der Waals surface area contributed by atoms with E-state index < -0.39 is 0 Å². The lowest BCUT2D eigenvalue weighted by Crippen LogP contribution is -2.51. The number of hydrogen-bond donors (Lipinski definition) is 1. The molecular formula is C35H36Cl2N4O4. The number of carbonyl (C=O) groups excluding carboxylic acids is 1. The van der Waals surface area contributed by atoms with Crippen molar-refractivity contribution < 1.29 is 18.8 Å². The van der Waals surface area contributed by atoms with Crippen LogP contribution in [0.25, 0.3) is 22.4 Å². The Balaban J connectivity index is 0.901. The lowest BCUT2D eigenvalue weighted by molar-refractivity contribution is -0.142. The second kappa shape index (κ2) is 12.2. The Kier molecular flexibility index (Phi) is 7.94. The largest absolute Gasteiger partial charge is 0.381 e. The summed E-state index contributed by atoms with van der Waals surface area (Å²) >= 11 is 13.1. The molecular weight excluding hydrogens is 611 g/mol. The zero-order valence-electron chi connectivity index (χ0n) is 25.0. The Bertz CT molecular complexity index is 1680. The molecule has 10 heteroatoms. The summed E-state index contributed by atoms with van der Waals surface area (Å²) in [6.45, 7) is 1.95. The van der Waals surface area contributed by atoms with Gasteiger partial charge in [-0.3, -0.25) is 9.48 Å². The third-order valence-corrected chi connectivity index (χ3v) is 10.7. The molecule has 1 saturated heterocycles.